The Balaban J connectivity index is 1.65. The zero-order chi connectivity index (χ0) is 20.6. The number of halogens is 3. The first kappa shape index (κ1) is 18.6. The first-order chi connectivity index (χ1) is 13.8. The summed E-state index contributed by atoms with van der Waals surface area (Å²) in [5.74, 6) is -0.0774. The number of pyridine rings is 1. The number of nitrogens with one attached hydrogen (secondary N) is 1. The Kier molecular flexibility index (Phi) is 4.50. The highest BCUT2D eigenvalue weighted by molar-refractivity contribution is 6.02. The molecule has 0 aliphatic heterocycles. The van der Waals surface area contributed by atoms with E-state index in [1.165, 1.54) is 30.7 Å². The molecule has 0 saturated carbocycles. The third-order valence-corrected chi connectivity index (χ3v) is 4.29. The van der Waals surface area contributed by atoms with Gasteiger partial charge in [0.25, 0.3) is 5.91 Å². The molecule has 0 saturated heterocycles. The lowest BCUT2D eigenvalue weighted by Gasteiger charge is -2.08. The fraction of sp³-hybridized carbons (Fsp3) is 0.100. The molecule has 1 aromatic carbocycles. The Labute approximate surface area is 163 Å². The van der Waals surface area contributed by atoms with Crippen LogP contribution < -0.4 is 5.32 Å². The van der Waals surface area contributed by atoms with Crippen molar-refractivity contribution in [2.75, 3.05) is 5.32 Å². The van der Waals surface area contributed by atoms with Crippen LogP contribution in [0, 0.1) is 6.92 Å². The number of imidazole rings is 1. The molecular formula is C20H14F3N5O. The first-order valence-electron chi connectivity index (χ1n) is 8.56. The van der Waals surface area contributed by atoms with Gasteiger partial charge in [-0.15, -0.1) is 0 Å². The molecule has 6 nitrogen and oxygen atoms in total. The van der Waals surface area contributed by atoms with Crippen LogP contribution in [0.3, 0.4) is 0 Å². The predicted octanol–water partition coefficient (Wildman–Crippen LogP) is 4.37. The molecule has 0 atom stereocenters. The van der Waals surface area contributed by atoms with Crippen LogP contribution in [0.25, 0.3) is 16.9 Å². The van der Waals surface area contributed by atoms with E-state index < -0.39 is 17.6 Å². The van der Waals surface area contributed by atoms with Crippen molar-refractivity contribution in [2.24, 2.45) is 0 Å². The van der Waals surface area contributed by atoms with Gasteiger partial charge < -0.3 is 5.32 Å². The van der Waals surface area contributed by atoms with Gasteiger partial charge in [0, 0.05) is 18.0 Å². The number of amides is 1. The van der Waals surface area contributed by atoms with Gasteiger partial charge >= 0.3 is 6.18 Å². The lowest BCUT2D eigenvalue weighted by Crippen LogP contribution is -2.15. The summed E-state index contributed by atoms with van der Waals surface area (Å²) in [5, 5.41) is 2.65. The van der Waals surface area contributed by atoms with Crippen molar-refractivity contribution in [3.63, 3.8) is 0 Å². The highest BCUT2D eigenvalue weighted by atomic mass is 19.4. The van der Waals surface area contributed by atoms with E-state index in [-0.39, 0.29) is 5.69 Å². The minimum atomic E-state index is -4.41. The van der Waals surface area contributed by atoms with Crippen molar-refractivity contribution in [3.05, 3.63) is 78.0 Å². The average Bonchev–Trinajstić information content (AvgIpc) is 3.12. The SMILES string of the molecule is Cc1ccc(NC(=O)c2cn3c(-c4ccc(C(F)(F)F)cc4)cnc3cn2)nc1. The molecule has 0 aliphatic carbocycles. The smallest absolute Gasteiger partial charge is 0.305 e. The van der Waals surface area contributed by atoms with Crippen LogP contribution in [0.1, 0.15) is 21.6 Å². The van der Waals surface area contributed by atoms with Crippen LogP contribution in [-0.2, 0) is 6.18 Å². The third kappa shape index (κ3) is 3.79. The maximum Gasteiger partial charge on any atom is 0.416 e. The van der Waals surface area contributed by atoms with Crippen LogP contribution in [0.2, 0.25) is 0 Å². The van der Waals surface area contributed by atoms with E-state index in [1.807, 2.05) is 13.0 Å². The summed E-state index contributed by atoms with van der Waals surface area (Å²) in [6.45, 7) is 1.88. The summed E-state index contributed by atoms with van der Waals surface area (Å²) in [6.07, 6.45) is 1.65. The van der Waals surface area contributed by atoms with Crippen LogP contribution >= 0.6 is 0 Å². The molecule has 0 radical (unpaired) electrons. The number of alkyl halides is 3. The molecule has 0 bridgehead atoms. The van der Waals surface area contributed by atoms with Crippen LogP contribution in [0.15, 0.2) is 61.2 Å². The monoisotopic (exact) mass is 397 g/mol. The number of nitrogens with zero attached hydrogens (tertiary/aromatic N) is 4. The lowest BCUT2D eigenvalue weighted by molar-refractivity contribution is -0.137. The van der Waals surface area contributed by atoms with E-state index in [2.05, 4.69) is 20.3 Å². The molecular weight excluding hydrogens is 383 g/mol. The number of rotatable bonds is 3. The number of aryl methyl sites for hydroxylation is 1. The van der Waals surface area contributed by atoms with Crippen LogP contribution in [0.4, 0.5) is 19.0 Å². The molecule has 3 aromatic heterocycles. The van der Waals surface area contributed by atoms with E-state index in [0.29, 0.717) is 22.7 Å². The quantitative estimate of drug-likeness (QED) is 0.557. The molecule has 0 fully saturated rings. The van der Waals surface area contributed by atoms with Crippen molar-refractivity contribution < 1.29 is 18.0 Å². The van der Waals surface area contributed by atoms with Crippen molar-refractivity contribution in [1.29, 1.82) is 0 Å². The van der Waals surface area contributed by atoms with Gasteiger partial charge in [0.1, 0.15) is 11.5 Å². The van der Waals surface area contributed by atoms with Gasteiger partial charge in [0.05, 0.1) is 23.7 Å². The number of hydrogen-bond donors (Lipinski definition) is 1. The van der Waals surface area contributed by atoms with E-state index in [1.54, 1.807) is 16.7 Å². The topological polar surface area (TPSA) is 72.2 Å². The predicted molar refractivity (Wildman–Crippen MR) is 100 cm³/mol. The van der Waals surface area contributed by atoms with Gasteiger partial charge in [-0.2, -0.15) is 13.2 Å². The molecule has 4 aromatic rings. The molecule has 4 rings (SSSR count). The van der Waals surface area contributed by atoms with Crippen molar-refractivity contribution in [1.82, 2.24) is 19.4 Å². The third-order valence-electron chi connectivity index (χ3n) is 4.29. The van der Waals surface area contributed by atoms with Crippen LogP contribution in [0.5, 0.6) is 0 Å². The maximum absolute atomic E-state index is 12.8. The Hall–Kier alpha value is -3.75. The van der Waals surface area contributed by atoms with Gasteiger partial charge in [-0.05, 0) is 30.7 Å². The Bertz CT molecular complexity index is 1180. The summed E-state index contributed by atoms with van der Waals surface area (Å²) < 4.78 is 40.0. The molecule has 1 amide bonds. The summed E-state index contributed by atoms with van der Waals surface area (Å²) in [7, 11) is 0. The van der Waals surface area contributed by atoms with Crippen LogP contribution in [-0.4, -0.2) is 25.3 Å². The highest BCUT2D eigenvalue weighted by Crippen LogP contribution is 2.31. The van der Waals surface area contributed by atoms with E-state index in [9.17, 15) is 18.0 Å². The standard InChI is InChI=1S/C20H14F3N5O/c1-12-2-7-17(25-8-12)27-19(29)15-11-28-16(9-26-18(28)10-24-15)13-3-5-14(6-4-13)20(21,22)23/h2-11H,1H3,(H,25,27,29). The van der Waals surface area contributed by atoms with Gasteiger partial charge in [0.2, 0.25) is 0 Å². The van der Waals surface area contributed by atoms with Gasteiger partial charge in [-0.1, -0.05) is 18.2 Å². The zero-order valence-electron chi connectivity index (χ0n) is 15.1. The van der Waals surface area contributed by atoms with E-state index >= 15 is 0 Å². The summed E-state index contributed by atoms with van der Waals surface area (Å²) >= 11 is 0. The molecule has 146 valence electrons. The largest absolute Gasteiger partial charge is 0.416 e. The van der Waals surface area contributed by atoms with Crippen molar-refractivity contribution in [2.45, 2.75) is 13.1 Å². The Morgan fingerprint density at radius 1 is 0.966 bits per heavy atom. The minimum absolute atomic E-state index is 0.117. The Morgan fingerprint density at radius 3 is 2.38 bits per heavy atom. The van der Waals surface area contributed by atoms with Crippen molar-refractivity contribution in [3.8, 4) is 11.3 Å². The van der Waals surface area contributed by atoms with Gasteiger partial charge in [0.15, 0.2) is 5.65 Å². The minimum Gasteiger partial charge on any atom is -0.305 e. The lowest BCUT2D eigenvalue weighted by atomic mass is 10.1. The number of aromatic nitrogens is 4. The summed E-state index contributed by atoms with van der Waals surface area (Å²) in [4.78, 5) is 24.9. The fourth-order valence-corrected chi connectivity index (χ4v) is 2.77. The molecule has 0 unspecified atom stereocenters. The zero-order valence-corrected chi connectivity index (χ0v) is 15.1. The number of carbonyl (C=O) groups excluding carboxylic acids is 1. The summed E-state index contributed by atoms with van der Waals surface area (Å²) in [5.41, 5.74) is 1.88. The molecule has 3 heterocycles. The summed E-state index contributed by atoms with van der Waals surface area (Å²) in [6, 6.07) is 8.24. The van der Waals surface area contributed by atoms with E-state index in [4.69, 9.17) is 0 Å². The van der Waals surface area contributed by atoms with Gasteiger partial charge in [-0.3, -0.25) is 9.20 Å². The number of benzene rings is 1. The normalized spacial score (nSPS) is 11.6. The molecule has 29 heavy (non-hydrogen) atoms. The first-order valence-corrected chi connectivity index (χ1v) is 8.56. The molecule has 1 N–H and O–H groups in total. The Morgan fingerprint density at radius 2 is 1.72 bits per heavy atom. The number of carbonyl (C=O) groups is 1. The maximum atomic E-state index is 12.8. The molecule has 9 heteroatoms. The number of hydrogen-bond acceptors (Lipinski definition) is 4. The molecule has 0 spiro atoms. The van der Waals surface area contributed by atoms with Gasteiger partial charge in [-0.25, -0.2) is 15.0 Å². The second-order valence-corrected chi connectivity index (χ2v) is 6.39. The second-order valence-electron chi connectivity index (χ2n) is 6.39. The molecule has 0 aliphatic rings. The van der Waals surface area contributed by atoms with Crippen molar-refractivity contribution >= 4 is 17.4 Å². The fourth-order valence-electron chi connectivity index (χ4n) is 2.77. The second kappa shape index (κ2) is 7.01. The number of anilines is 1. The highest BCUT2D eigenvalue weighted by Gasteiger charge is 2.30. The average molecular weight is 397 g/mol. The number of fused-ring (bicyclic) bond motifs is 1. The van der Waals surface area contributed by atoms with E-state index in [0.717, 1.165) is 17.7 Å².